The number of carbonyl (C=O) groups excluding carboxylic acids is 1. The molecule has 1 heterocycles. The van der Waals surface area contributed by atoms with Gasteiger partial charge in [-0.2, -0.15) is 5.11 Å². The number of aliphatic hydroxyl groups is 1. The highest BCUT2D eigenvalue weighted by Gasteiger charge is 2.19. The third-order valence-corrected chi connectivity index (χ3v) is 6.00. The fourth-order valence-corrected chi connectivity index (χ4v) is 4.27. The molecule has 0 spiro atoms. The van der Waals surface area contributed by atoms with Crippen LogP contribution >= 0.6 is 34.5 Å². The lowest BCUT2D eigenvalue weighted by molar-refractivity contribution is -0.112. The zero-order chi connectivity index (χ0) is 22.7. The number of aryl methyl sites for hydroxylation is 1. The van der Waals surface area contributed by atoms with Gasteiger partial charge < -0.3 is 10.4 Å². The summed E-state index contributed by atoms with van der Waals surface area (Å²) in [6, 6.07) is 18.8. The van der Waals surface area contributed by atoms with Crippen molar-refractivity contribution in [3.63, 3.8) is 0 Å². The Morgan fingerprint density at radius 1 is 1.03 bits per heavy atom. The van der Waals surface area contributed by atoms with Gasteiger partial charge in [-0.3, -0.25) is 4.79 Å². The van der Waals surface area contributed by atoms with Gasteiger partial charge in [0, 0.05) is 5.56 Å². The van der Waals surface area contributed by atoms with Crippen LogP contribution in [0.5, 0.6) is 0 Å². The van der Waals surface area contributed by atoms with Crippen LogP contribution in [0.2, 0.25) is 10.0 Å². The Bertz CT molecular complexity index is 1350. The molecule has 1 amide bonds. The van der Waals surface area contributed by atoms with Crippen molar-refractivity contribution in [2.45, 2.75) is 6.92 Å². The number of azo groups is 1. The molecule has 0 radical (unpaired) electrons. The summed E-state index contributed by atoms with van der Waals surface area (Å²) >= 11 is 13.9. The van der Waals surface area contributed by atoms with Crippen LogP contribution in [0.1, 0.15) is 10.6 Å². The first-order valence-corrected chi connectivity index (χ1v) is 11.0. The van der Waals surface area contributed by atoms with E-state index in [1.54, 1.807) is 54.6 Å². The maximum Gasteiger partial charge on any atom is 0.280 e. The normalized spacial score (nSPS) is 12.2. The number of thiazole rings is 1. The molecule has 6 nitrogen and oxygen atoms in total. The Hall–Kier alpha value is -3.26. The number of fused-ring (bicyclic) bond motifs is 1. The van der Waals surface area contributed by atoms with E-state index in [-0.39, 0.29) is 27.2 Å². The number of para-hydroxylation sites is 1. The highest BCUT2D eigenvalue weighted by atomic mass is 35.5. The summed E-state index contributed by atoms with van der Waals surface area (Å²) in [6.07, 6.45) is 0. The van der Waals surface area contributed by atoms with Gasteiger partial charge in [0.2, 0.25) is 0 Å². The van der Waals surface area contributed by atoms with Gasteiger partial charge in [0.25, 0.3) is 5.91 Å². The van der Waals surface area contributed by atoms with Crippen molar-refractivity contribution >= 4 is 67.8 Å². The van der Waals surface area contributed by atoms with Crippen molar-refractivity contribution in [3.8, 4) is 0 Å². The van der Waals surface area contributed by atoms with E-state index in [0.29, 0.717) is 11.3 Å². The molecule has 4 rings (SSSR count). The SMILES string of the molecule is Cc1nc2ccc(N=N/C(C(=O)Nc3c(Cl)cccc3Cl)=C(/O)c3ccccc3)cc2s1. The average molecular weight is 483 g/mol. The van der Waals surface area contributed by atoms with Crippen LogP contribution in [0.15, 0.2) is 82.7 Å². The molecule has 4 aromatic rings. The van der Waals surface area contributed by atoms with Gasteiger partial charge in [-0.25, -0.2) is 4.98 Å². The highest BCUT2D eigenvalue weighted by Crippen LogP contribution is 2.31. The lowest BCUT2D eigenvalue weighted by Crippen LogP contribution is -2.15. The van der Waals surface area contributed by atoms with Gasteiger partial charge in [-0.15, -0.1) is 16.5 Å². The minimum absolute atomic E-state index is 0.218. The minimum atomic E-state index is -0.709. The zero-order valence-electron chi connectivity index (χ0n) is 16.7. The van der Waals surface area contributed by atoms with Crippen LogP contribution in [-0.4, -0.2) is 16.0 Å². The first-order chi connectivity index (χ1) is 15.4. The number of nitrogens with one attached hydrogen (secondary N) is 1. The first kappa shape index (κ1) is 22.0. The molecular weight excluding hydrogens is 467 g/mol. The lowest BCUT2D eigenvalue weighted by Gasteiger charge is -2.10. The van der Waals surface area contributed by atoms with Gasteiger partial charge in [-0.1, -0.05) is 59.6 Å². The molecule has 0 saturated heterocycles. The molecule has 0 atom stereocenters. The molecule has 0 saturated carbocycles. The maximum absolute atomic E-state index is 13.1. The molecular formula is C23H16Cl2N4O2S. The standard InChI is InChI=1S/C23H16Cl2N4O2S/c1-13-26-18-11-10-15(12-19(18)32-13)28-29-21(22(30)14-6-3-2-4-7-14)23(31)27-20-16(24)8-5-9-17(20)25/h2-12,30H,1H3,(H,27,31)/b22-21+,29-28?. The molecule has 0 aliphatic heterocycles. The highest BCUT2D eigenvalue weighted by molar-refractivity contribution is 7.18. The average Bonchev–Trinajstić information content (AvgIpc) is 3.16. The topological polar surface area (TPSA) is 86.9 Å². The molecule has 0 bridgehead atoms. The molecule has 9 heteroatoms. The minimum Gasteiger partial charge on any atom is -0.505 e. The second kappa shape index (κ2) is 9.48. The third kappa shape index (κ3) is 4.80. The van der Waals surface area contributed by atoms with Gasteiger partial charge in [-0.05, 0) is 37.3 Å². The Labute approximate surface area is 197 Å². The molecule has 1 aromatic heterocycles. The van der Waals surface area contributed by atoms with E-state index >= 15 is 0 Å². The van der Waals surface area contributed by atoms with E-state index in [2.05, 4.69) is 20.5 Å². The maximum atomic E-state index is 13.1. The van der Waals surface area contributed by atoms with Crippen LogP contribution < -0.4 is 5.32 Å². The first-order valence-electron chi connectivity index (χ1n) is 9.45. The molecule has 0 unspecified atom stereocenters. The second-order valence-electron chi connectivity index (χ2n) is 6.70. The molecule has 2 N–H and O–H groups in total. The second-order valence-corrected chi connectivity index (χ2v) is 8.75. The van der Waals surface area contributed by atoms with E-state index in [1.807, 2.05) is 19.1 Å². The number of hydrogen-bond acceptors (Lipinski definition) is 6. The Morgan fingerprint density at radius 2 is 1.75 bits per heavy atom. The number of carbonyl (C=O) groups is 1. The fraction of sp³-hybridized carbons (Fsp3) is 0.0435. The van der Waals surface area contributed by atoms with Crippen LogP contribution in [0.25, 0.3) is 16.0 Å². The van der Waals surface area contributed by atoms with E-state index in [9.17, 15) is 9.90 Å². The summed E-state index contributed by atoms with van der Waals surface area (Å²) in [7, 11) is 0. The van der Waals surface area contributed by atoms with E-state index in [1.165, 1.54) is 11.3 Å². The number of halogens is 2. The van der Waals surface area contributed by atoms with Gasteiger partial charge >= 0.3 is 0 Å². The summed E-state index contributed by atoms with van der Waals surface area (Å²) in [5.74, 6) is -1.04. The Balaban J connectivity index is 1.73. The smallest absolute Gasteiger partial charge is 0.280 e. The van der Waals surface area contributed by atoms with Crippen LogP contribution in [0.3, 0.4) is 0 Å². The number of hydrogen-bond donors (Lipinski definition) is 2. The van der Waals surface area contributed by atoms with Gasteiger partial charge in [0.1, 0.15) is 0 Å². The number of aromatic nitrogens is 1. The van der Waals surface area contributed by atoms with Crippen LogP contribution in [-0.2, 0) is 4.79 Å². The predicted molar refractivity (Wildman–Crippen MR) is 130 cm³/mol. The zero-order valence-corrected chi connectivity index (χ0v) is 19.0. The molecule has 0 fully saturated rings. The van der Waals surface area contributed by atoms with E-state index < -0.39 is 5.91 Å². The van der Waals surface area contributed by atoms with Crippen molar-refractivity contribution in [2.75, 3.05) is 5.32 Å². The third-order valence-electron chi connectivity index (χ3n) is 4.43. The number of aliphatic hydroxyl groups excluding tert-OH is 1. The quantitative estimate of drug-likeness (QED) is 0.174. The number of nitrogens with zero attached hydrogens (tertiary/aromatic N) is 3. The molecule has 0 aliphatic carbocycles. The monoisotopic (exact) mass is 482 g/mol. The molecule has 3 aromatic carbocycles. The van der Waals surface area contributed by atoms with E-state index in [4.69, 9.17) is 23.2 Å². The van der Waals surface area contributed by atoms with Crippen LogP contribution in [0.4, 0.5) is 11.4 Å². The predicted octanol–water partition coefficient (Wildman–Crippen LogP) is 7.56. The Kier molecular flexibility index (Phi) is 6.50. The van der Waals surface area contributed by atoms with Crippen molar-refractivity contribution in [2.24, 2.45) is 10.2 Å². The van der Waals surface area contributed by atoms with Crippen LogP contribution in [0, 0.1) is 6.92 Å². The largest absolute Gasteiger partial charge is 0.505 e. The molecule has 160 valence electrons. The summed E-state index contributed by atoms with van der Waals surface area (Å²) < 4.78 is 0.948. The summed E-state index contributed by atoms with van der Waals surface area (Å²) in [6.45, 7) is 1.93. The van der Waals surface area contributed by atoms with Crippen molar-refractivity contribution in [1.29, 1.82) is 0 Å². The van der Waals surface area contributed by atoms with Gasteiger partial charge in [0.15, 0.2) is 11.5 Å². The fourth-order valence-electron chi connectivity index (χ4n) is 2.92. The van der Waals surface area contributed by atoms with E-state index in [0.717, 1.165) is 15.2 Å². The Morgan fingerprint density at radius 3 is 2.47 bits per heavy atom. The number of anilines is 1. The lowest BCUT2D eigenvalue weighted by atomic mass is 10.1. The molecule has 0 aliphatic rings. The van der Waals surface area contributed by atoms with Crippen molar-refractivity contribution in [3.05, 3.63) is 93.0 Å². The summed E-state index contributed by atoms with van der Waals surface area (Å²) in [5.41, 5.74) is 1.72. The number of amides is 1. The number of rotatable bonds is 5. The van der Waals surface area contributed by atoms with Gasteiger partial charge in [0.05, 0.1) is 36.6 Å². The van der Waals surface area contributed by atoms with Crippen molar-refractivity contribution < 1.29 is 9.90 Å². The summed E-state index contributed by atoms with van der Waals surface area (Å²) in [4.78, 5) is 17.5. The number of benzene rings is 3. The molecule has 32 heavy (non-hydrogen) atoms. The summed E-state index contributed by atoms with van der Waals surface area (Å²) in [5, 5.41) is 23.1. The van der Waals surface area contributed by atoms with Crippen molar-refractivity contribution in [1.82, 2.24) is 4.98 Å².